The van der Waals surface area contributed by atoms with E-state index in [0.29, 0.717) is 17.3 Å². The van der Waals surface area contributed by atoms with Gasteiger partial charge in [-0.05, 0) is 43.0 Å². The summed E-state index contributed by atoms with van der Waals surface area (Å²) >= 11 is 5.75. The van der Waals surface area contributed by atoms with Gasteiger partial charge >= 0.3 is 6.03 Å². The molecule has 0 aromatic heterocycles. The van der Waals surface area contributed by atoms with E-state index in [-0.39, 0.29) is 18.6 Å². The van der Waals surface area contributed by atoms with Gasteiger partial charge in [-0.1, -0.05) is 18.5 Å². The van der Waals surface area contributed by atoms with Crippen molar-refractivity contribution < 1.29 is 9.90 Å². The number of aliphatic hydroxyl groups is 1. The molecule has 0 bridgehead atoms. The minimum absolute atomic E-state index is 0.191. The first-order valence-corrected chi connectivity index (χ1v) is 6.41. The first-order valence-electron chi connectivity index (χ1n) is 6.03. The highest BCUT2D eigenvalue weighted by Crippen LogP contribution is 2.13. The van der Waals surface area contributed by atoms with E-state index < -0.39 is 0 Å². The molecule has 3 N–H and O–H groups in total. The van der Waals surface area contributed by atoms with Gasteiger partial charge in [-0.25, -0.2) is 4.79 Å². The molecule has 0 aliphatic rings. The highest BCUT2D eigenvalue weighted by Gasteiger charge is 2.02. The third-order valence-electron chi connectivity index (χ3n) is 2.57. The summed E-state index contributed by atoms with van der Waals surface area (Å²) in [6.07, 6.45) is 1.76. The van der Waals surface area contributed by atoms with Gasteiger partial charge in [0.15, 0.2) is 0 Å². The number of carbonyl (C=O) groups excluding carboxylic acids is 1. The van der Waals surface area contributed by atoms with Crippen LogP contribution in [0.15, 0.2) is 24.3 Å². The van der Waals surface area contributed by atoms with Crippen molar-refractivity contribution in [1.82, 2.24) is 5.32 Å². The molecule has 5 heteroatoms. The van der Waals surface area contributed by atoms with Crippen LogP contribution in [0.4, 0.5) is 10.5 Å². The van der Waals surface area contributed by atoms with Gasteiger partial charge in [0, 0.05) is 23.9 Å². The summed E-state index contributed by atoms with van der Waals surface area (Å²) in [4.78, 5) is 11.5. The topological polar surface area (TPSA) is 61.4 Å². The minimum Gasteiger partial charge on any atom is -0.396 e. The van der Waals surface area contributed by atoms with Crippen LogP contribution in [0.25, 0.3) is 0 Å². The molecule has 1 aromatic carbocycles. The summed E-state index contributed by atoms with van der Waals surface area (Å²) in [6.45, 7) is 2.77. The Hall–Kier alpha value is -1.26. The van der Waals surface area contributed by atoms with E-state index in [1.54, 1.807) is 24.3 Å². The lowest BCUT2D eigenvalue weighted by atomic mass is 10.1. The van der Waals surface area contributed by atoms with Crippen LogP contribution in [0.1, 0.15) is 19.8 Å². The van der Waals surface area contributed by atoms with E-state index >= 15 is 0 Å². The Balaban J connectivity index is 2.19. The first kappa shape index (κ1) is 14.8. The number of carbonyl (C=O) groups is 1. The van der Waals surface area contributed by atoms with Crippen molar-refractivity contribution in [2.75, 3.05) is 18.5 Å². The Morgan fingerprint density at radius 3 is 2.67 bits per heavy atom. The van der Waals surface area contributed by atoms with E-state index in [1.165, 1.54) is 0 Å². The second-order valence-corrected chi connectivity index (χ2v) is 4.75. The van der Waals surface area contributed by atoms with E-state index in [1.807, 2.05) is 6.92 Å². The van der Waals surface area contributed by atoms with Gasteiger partial charge in [0.1, 0.15) is 0 Å². The smallest absolute Gasteiger partial charge is 0.319 e. The number of hydrogen-bond acceptors (Lipinski definition) is 2. The molecule has 1 rings (SSSR count). The zero-order valence-corrected chi connectivity index (χ0v) is 11.2. The SMILES string of the molecule is CC(CO)CCCNC(=O)Nc1ccc(Cl)cc1. The summed E-state index contributed by atoms with van der Waals surface area (Å²) in [6, 6.07) is 6.71. The van der Waals surface area contributed by atoms with Crippen LogP contribution in [0.2, 0.25) is 5.02 Å². The number of anilines is 1. The molecule has 0 fully saturated rings. The summed E-state index contributed by atoms with van der Waals surface area (Å²) < 4.78 is 0. The Morgan fingerprint density at radius 2 is 2.06 bits per heavy atom. The van der Waals surface area contributed by atoms with Crippen molar-refractivity contribution in [1.29, 1.82) is 0 Å². The number of urea groups is 1. The molecule has 1 aromatic rings. The summed E-state index contributed by atoms with van der Waals surface area (Å²) in [5.41, 5.74) is 0.709. The molecule has 0 saturated heterocycles. The lowest BCUT2D eigenvalue weighted by Crippen LogP contribution is -2.29. The van der Waals surface area contributed by atoms with Gasteiger partial charge in [0.05, 0.1) is 0 Å². The molecule has 0 spiro atoms. The summed E-state index contributed by atoms with van der Waals surface area (Å²) in [5, 5.41) is 15.0. The van der Waals surface area contributed by atoms with Crippen LogP contribution in [0, 0.1) is 5.92 Å². The van der Waals surface area contributed by atoms with Crippen molar-refractivity contribution in [2.24, 2.45) is 5.92 Å². The largest absolute Gasteiger partial charge is 0.396 e. The molecular formula is C13H19ClN2O2. The van der Waals surface area contributed by atoms with Gasteiger partial charge < -0.3 is 15.7 Å². The fourth-order valence-corrected chi connectivity index (χ4v) is 1.58. The third-order valence-corrected chi connectivity index (χ3v) is 2.82. The molecule has 0 heterocycles. The van der Waals surface area contributed by atoms with Gasteiger partial charge in [-0.2, -0.15) is 0 Å². The standard InChI is InChI=1S/C13H19ClN2O2/c1-10(9-17)3-2-8-15-13(18)16-12-6-4-11(14)5-7-12/h4-7,10,17H,2-3,8-9H2,1H3,(H2,15,16,18). The van der Waals surface area contributed by atoms with Crippen molar-refractivity contribution in [3.63, 3.8) is 0 Å². The van der Waals surface area contributed by atoms with Crippen LogP contribution in [-0.4, -0.2) is 24.3 Å². The zero-order chi connectivity index (χ0) is 13.4. The van der Waals surface area contributed by atoms with Gasteiger partial charge in [-0.3, -0.25) is 0 Å². The molecular weight excluding hydrogens is 252 g/mol. The van der Waals surface area contributed by atoms with Crippen LogP contribution in [-0.2, 0) is 0 Å². The summed E-state index contributed by atoms with van der Waals surface area (Å²) in [5.74, 6) is 0.283. The molecule has 100 valence electrons. The second-order valence-electron chi connectivity index (χ2n) is 4.32. The van der Waals surface area contributed by atoms with Crippen LogP contribution >= 0.6 is 11.6 Å². The van der Waals surface area contributed by atoms with E-state index in [0.717, 1.165) is 12.8 Å². The fourth-order valence-electron chi connectivity index (χ4n) is 1.45. The Labute approximate surface area is 112 Å². The highest BCUT2D eigenvalue weighted by atomic mass is 35.5. The normalized spacial score (nSPS) is 11.9. The zero-order valence-electron chi connectivity index (χ0n) is 10.4. The van der Waals surface area contributed by atoms with E-state index in [4.69, 9.17) is 16.7 Å². The number of halogens is 1. The molecule has 1 atom stereocenters. The lowest BCUT2D eigenvalue weighted by molar-refractivity contribution is 0.227. The van der Waals surface area contributed by atoms with Crippen LogP contribution < -0.4 is 10.6 Å². The maximum Gasteiger partial charge on any atom is 0.319 e. The van der Waals surface area contributed by atoms with Crippen LogP contribution in [0.3, 0.4) is 0 Å². The molecule has 1 unspecified atom stereocenters. The molecule has 2 amide bonds. The van der Waals surface area contributed by atoms with Crippen molar-refractivity contribution >= 4 is 23.3 Å². The molecule has 4 nitrogen and oxygen atoms in total. The number of benzene rings is 1. The number of amides is 2. The summed E-state index contributed by atoms with van der Waals surface area (Å²) in [7, 11) is 0. The maximum absolute atomic E-state index is 11.5. The minimum atomic E-state index is -0.228. The number of aliphatic hydroxyl groups excluding tert-OH is 1. The average molecular weight is 271 g/mol. The molecule has 0 saturated carbocycles. The van der Waals surface area contributed by atoms with E-state index in [9.17, 15) is 4.79 Å². The van der Waals surface area contributed by atoms with E-state index in [2.05, 4.69) is 10.6 Å². The fraction of sp³-hybridized carbons (Fsp3) is 0.462. The van der Waals surface area contributed by atoms with Gasteiger partial charge in [0.2, 0.25) is 0 Å². The molecule has 0 aliphatic heterocycles. The number of hydrogen-bond donors (Lipinski definition) is 3. The first-order chi connectivity index (χ1) is 8.61. The Bertz CT molecular complexity index is 368. The van der Waals surface area contributed by atoms with Crippen molar-refractivity contribution in [2.45, 2.75) is 19.8 Å². The second kappa shape index (κ2) is 7.95. The lowest BCUT2D eigenvalue weighted by Gasteiger charge is -2.09. The predicted octanol–water partition coefficient (Wildman–Crippen LogP) is 2.87. The van der Waals surface area contributed by atoms with Crippen LogP contribution in [0.5, 0.6) is 0 Å². The Morgan fingerprint density at radius 1 is 1.39 bits per heavy atom. The maximum atomic E-state index is 11.5. The average Bonchev–Trinajstić information content (AvgIpc) is 2.37. The predicted molar refractivity (Wildman–Crippen MR) is 74.0 cm³/mol. The molecule has 0 radical (unpaired) electrons. The van der Waals surface area contributed by atoms with Crippen molar-refractivity contribution in [3.05, 3.63) is 29.3 Å². The number of nitrogens with one attached hydrogen (secondary N) is 2. The van der Waals surface area contributed by atoms with Gasteiger partial charge in [0.25, 0.3) is 0 Å². The van der Waals surface area contributed by atoms with Gasteiger partial charge in [-0.15, -0.1) is 0 Å². The molecule has 18 heavy (non-hydrogen) atoms. The number of rotatable bonds is 6. The highest BCUT2D eigenvalue weighted by molar-refractivity contribution is 6.30. The third kappa shape index (κ3) is 5.89. The van der Waals surface area contributed by atoms with Crippen molar-refractivity contribution in [3.8, 4) is 0 Å². The Kier molecular flexibility index (Phi) is 6.54. The molecule has 0 aliphatic carbocycles. The monoisotopic (exact) mass is 270 g/mol. The quantitative estimate of drug-likeness (QED) is 0.696.